The maximum atomic E-state index is 13.1. The van der Waals surface area contributed by atoms with Gasteiger partial charge in [-0.3, -0.25) is 9.59 Å². The number of carboxylic acid groups (broad SMARTS) is 1. The van der Waals surface area contributed by atoms with Gasteiger partial charge in [-0.15, -0.1) is 11.8 Å². The monoisotopic (exact) mass is 389 g/mol. The Kier molecular flexibility index (Phi) is 3.78. The third-order valence-electron chi connectivity index (χ3n) is 7.00. The molecule has 1 aromatic rings. The summed E-state index contributed by atoms with van der Waals surface area (Å²) in [7, 11) is 3.78. The second kappa shape index (κ2) is 5.88. The number of ether oxygens (including phenoxy) is 2. The Labute approximate surface area is 162 Å². The number of nitrogens with zero attached hydrogens (tertiary/aromatic N) is 1. The van der Waals surface area contributed by atoms with E-state index in [1.165, 1.54) is 17.3 Å². The van der Waals surface area contributed by atoms with Crippen LogP contribution in [-0.4, -0.2) is 65.6 Å². The van der Waals surface area contributed by atoms with Crippen molar-refractivity contribution in [3.63, 3.8) is 0 Å². The number of likely N-dealkylation sites (tertiary alicyclic amines) is 1. The molecule has 4 aliphatic rings. The maximum absolute atomic E-state index is 13.1. The molecular formula is C20H23NO5S. The average Bonchev–Trinajstić information content (AvgIpc) is 2.99. The second-order valence-electron chi connectivity index (χ2n) is 8.11. The largest absolute Gasteiger partial charge is 0.493 e. The molecule has 144 valence electrons. The summed E-state index contributed by atoms with van der Waals surface area (Å²) in [5.41, 5.74) is 2.06. The third kappa shape index (κ3) is 2.18. The molecule has 1 saturated heterocycles. The fourth-order valence-electron chi connectivity index (χ4n) is 6.04. The molecule has 6 nitrogen and oxygen atoms in total. The van der Waals surface area contributed by atoms with Crippen molar-refractivity contribution in [2.24, 2.45) is 5.92 Å². The number of rotatable bonds is 4. The van der Waals surface area contributed by atoms with Crippen molar-refractivity contribution < 1.29 is 24.2 Å². The van der Waals surface area contributed by atoms with E-state index < -0.39 is 12.1 Å². The van der Waals surface area contributed by atoms with Gasteiger partial charge in [0.05, 0.1) is 18.3 Å². The second-order valence-corrected chi connectivity index (χ2v) is 9.34. The van der Waals surface area contributed by atoms with E-state index in [0.717, 1.165) is 30.7 Å². The Morgan fingerprint density at radius 3 is 3.00 bits per heavy atom. The summed E-state index contributed by atoms with van der Waals surface area (Å²) in [6.45, 7) is 0.917. The van der Waals surface area contributed by atoms with Gasteiger partial charge in [-0.1, -0.05) is 6.07 Å². The number of Topliss-reactive ketones (excluding diaryl/α,β-unsaturated/α-hetero) is 1. The summed E-state index contributed by atoms with van der Waals surface area (Å²) in [6, 6.07) is 4.36. The molecule has 7 heteroatoms. The van der Waals surface area contributed by atoms with E-state index in [2.05, 4.69) is 18.0 Å². The fourth-order valence-corrected chi connectivity index (χ4v) is 7.31. The average molecular weight is 389 g/mol. The lowest BCUT2D eigenvalue weighted by molar-refractivity contribution is -0.138. The predicted molar refractivity (Wildman–Crippen MR) is 101 cm³/mol. The van der Waals surface area contributed by atoms with E-state index >= 15 is 0 Å². The number of hydrogen-bond donors (Lipinski definition) is 1. The van der Waals surface area contributed by atoms with Gasteiger partial charge in [-0.25, -0.2) is 0 Å². The van der Waals surface area contributed by atoms with Crippen LogP contribution in [-0.2, 0) is 21.4 Å². The van der Waals surface area contributed by atoms with Crippen molar-refractivity contribution in [1.29, 1.82) is 0 Å². The molecular weight excluding hydrogens is 366 g/mol. The number of benzene rings is 1. The zero-order valence-corrected chi connectivity index (χ0v) is 16.3. The molecule has 0 amide bonds. The number of piperidine rings is 1. The Hall–Kier alpha value is -1.73. The Morgan fingerprint density at radius 2 is 2.26 bits per heavy atom. The summed E-state index contributed by atoms with van der Waals surface area (Å²) in [4.78, 5) is 26.7. The van der Waals surface area contributed by atoms with Gasteiger partial charge < -0.3 is 19.5 Å². The van der Waals surface area contributed by atoms with Gasteiger partial charge in [-0.2, -0.15) is 0 Å². The van der Waals surface area contributed by atoms with Gasteiger partial charge in [0.15, 0.2) is 23.4 Å². The van der Waals surface area contributed by atoms with Crippen molar-refractivity contribution >= 4 is 23.5 Å². The number of carbonyl (C=O) groups excluding carboxylic acids is 1. The summed E-state index contributed by atoms with van der Waals surface area (Å²) in [5, 5.41) is 9.20. The van der Waals surface area contributed by atoms with Gasteiger partial charge >= 0.3 is 5.97 Å². The molecule has 0 aromatic heterocycles. The highest BCUT2D eigenvalue weighted by molar-refractivity contribution is 8.00. The van der Waals surface area contributed by atoms with Crippen LogP contribution in [0.2, 0.25) is 0 Å². The minimum absolute atomic E-state index is 0.00602. The van der Waals surface area contributed by atoms with Crippen LogP contribution in [0.15, 0.2) is 12.1 Å². The van der Waals surface area contributed by atoms with Crippen molar-refractivity contribution in [3.05, 3.63) is 23.3 Å². The highest BCUT2D eigenvalue weighted by Gasteiger charge is 2.68. The lowest BCUT2D eigenvalue weighted by atomic mass is 9.51. The van der Waals surface area contributed by atoms with Crippen LogP contribution in [0, 0.1) is 5.92 Å². The standard InChI is InChI=1S/C20H23NO5S/c1-21-6-5-20-16-10-3-4-13(25-2)18(16)26-19(20)12(22)8-14(27-9-15(23)24)17(20)11(21)7-10/h3-4,11,14,17,19H,5-9H2,1-2H3,(H,23,24)/t11?,14?,17-,19+,20-/m1/s1. The number of likely N-dealkylation sites (N-methyl/N-ethyl adjacent to an activating group) is 1. The van der Waals surface area contributed by atoms with E-state index in [4.69, 9.17) is 9.47 Å². The smallest absolute Gasteiger partial charge is 0.313 e. The Balaban J connectivity index is 1.70. The molecule has 2 aliphatic carbocycles. The van der Waals surface area contributed by atoms with Crippen molar-refractivity contribution in [1.82, 2.24) is 4.90 Å². The quantitative estimate of drug-likeness (QED) is 0.840. The van der Waals surface area contributed by atoms with Crippen LogP contribution in [0.5, 0.6) is 11.5 Å². The Morgan fingerprint density at radius 1 is 1.44 bits per heavy atom. The minimum atomic E-state index is -0.827. The molecule has 2 fully saturated rings. The molecule has 2 aliphatic heterocycles. The summed E-state index contributed by atoms with van der Waals surface area (Å²) >= 11 is 1.42. The first kappa shape index (κ1) is 17.4. The molecule has 1 spiro atoms. The van der Waals surface area contributed by atoms with Crippen molar-refractivity contribution in [2.75, 3.05) is 26.5 Å². The van der Waals surface area contributed by atoms with Gasteiger partial charge in [0, 0.05) is 29.2 Å². The summed E-state index contributed by atoms with van der Waals surface area (Å²) < 4.78 is 11.8. The molecule has 1 aromatic carbocycles. The highest BCUT2D eigenvalue weighted by atomic mass is 32.2. The first-order chi connectivity index (χ1) is 13.0. The number of ketones is 1. The lowest BCUT2D eigenvalue weighted by Gasteiger charge is -2.59. The minimum Gasteiger partial charge on any atom is -0.493 e. The van der Waals surface area contributed by atoms with Gasteiger partial charge in [-0.05, 0) is 38.1 Å². The molecule has 27 heavy (non-hydrogen) atoms. The SMILES string of the molecule is COc1ccc2c3c1O[C@H]1C(=O)CC(SCC(=O)O)[C@H]4C(C2)N(C)CC[C@@]341. The van der Waals surface area contributed by atoms with E-state index in [9.17, 15) is 14.7 Å². The molecule has 2 unspecified atom stereocenters. The summed E-state index contributed by atoms with van der Waals surface area (Å²) in [6.07, 6.45) is 1.68. The molecule has 5 rings (SSSR count). The fraction of sp³-hybridized carbons (Fsp3) is 0.600. The van der Waals surface area contributed by atoms with Crippen LogP contribution in [0.4, 0.5) is 0 Å². The zero-order valence-electron chi connectivity index (χ0n) is 15.4. The third-order valence-corrected chi connectivity index (χ3v) is 8.30. The molecule has 2 bridgehead atoms. The van der Waals surface area contributed by atoms with Crippen LogP contribution >= 0.6 is 11.8 Å². The lowest BCUT2D eigenvalue weighted by Crippen LogP contribution is -2.68. The topological polar surface area (TPSA) is 76.1 Å². The van der Waals surface area contributed by atoms with Crippen LogP contribution in [0.25, 0.3) is 0 Å². The van der Waals surface area contributed by atoms with E-state index in [-0.39, 0.29) is 28.1 Å². The number of carbonyl (C=O) groups is 2. The number of hydrogen-bond acceptors (Lipinski definition) is 6. The summed E-state index contributed by atoms with van der Waals surface area (Å²) in [5.74, 6) is 0.950. The van der Waals surface area contributed by atoms with Crippen LogP contribution in [0.1, 0.15) is 24.0 Å². The van der Waals surface area contributed by atoms with Gasteiger partial charge in [0.2, 0.25) is 0 Å². The molecule has 1 N–H and O–H groups in total. The van der Waals surface area contributed by atoms with Crippen LogP contribution < -0.4 is 9.47 Å². The van der Waals surface area contributed by atoms with E-state index in [0.29, 0.717) is 18.2 Å². The molecule has 1 saturated carbocycles. The predicted octanol–water partition coefficient (Wildman–Crippen LogP) is 1.73. The first-order valence-corrected chi connectivity index (χ1v) is 10.5. The molecule has 5 atom stereocenters. The first-order valence-electron chi connectivity index (χ1n) is 9.40. The number of carboxylic acids is 1. The van der Waals surface area contributed by atoms with Crippen molar-refractivity contribution in [3.8, 4) is 11.5 Å². The normalized spacial score (nSPS) is 36.1. The van der Waals surface area contributed by atoms with Crippen molar-refractivity contribution in [2.45, 2.75) is 42.1 Å². The molecule has 2 heterocycles. The van der Waals surface area contributed by atoms with E-state index in [1.54, 1.807) is 7.11 Å². The highest BCUT2D eigenvalue weighted by Crippen LogP contribution is 2.64. The zero-order chi connectivity index (χ0) is 18.9. The van der Waals surface area contributed by atoms with Gasteiger partial charge in [0.25, 0.3) is 0 Å². The van der Waals surface area contributed by atoms with Crippen LogP contribution in [0.3, 0.4) is 0 Å². The van der Waals surface area contributed by atoms with E-state index in [1.807, 2.05) is 6.07 Å². The maximum Gasteiger partial charge on any atom is 0.313 e. The Bertz CT molecular complexity index is 842. The number of aliphatic carboxylic acids is 1. The number of methoxy groups -OCH3 is 1. The number of thioether (sulfide) groups is 1. The van der Waals surface area contributed by atoms with Gasteiger partial charge in [0.1, 0.15) is 0 Å². The molecule has 0 radical (unpaired) electrons.